The van der Waals surface area contributed by atoms with Crippen LogP contribution in [0.5, 0.6) is 0 Å². The van der Waals surface area contributed by atoms with Crippen LogP contribution in [-0.4, -0.2) is 26.2 Å². The van der Waals surface area contributed by atoms with Crippen LogP contribution >= 0.6 is 11.3 Å². The number of hydrogen-bond donors (Lipinski definition) is 1. The van der Waals surface area contributed by atoms with Crippen LogP contribution in [0, 0.1) is 0 Å². The molecule has 1 aromatic carbocycles. The average Bonchev–Trinajstić information content (AvgIpc) is 3.36. The molecule has 0 spiro atoms. The molecule has 28 heavy (non-hydrogen) atoms. The van der Waals surface area contributed by atoms with E-state index in [2.05, 4.69) is 10.3 Å². The fraction of sp³-hybridized carbons (Fsp3) is 0.158. The van der Waals surface area contributed by atoms with Gasteiger partial charge in [0.15, 0.2) is 10.5 Å². The van der Waals surface area contributed by atoms with Crippen molar-refractivity contribution in [2.45, 2.75) is 19.0 Å². The fourth-order valence-corrected chi connectivity index (χ4v) is 4.11. The number of para-hydroxylation sites is 1. The molecule has 4 heterocycles. The number of imide groups is 1. The van der Waals surface area contributed by atoms with Gasteiger partial charge in [0.25, 0.3) is 11.5 Å². The number of fused-ring (bicyclic) bond motifs is 2. The molecule has 1 saturated heterocycles. The van der Waals surface area contributed by atoms with Crippen molar-refractivity contribution >= 4 is 39.2 Å². The van der Waals surface area contributed by atoms with Crippen molar-refractivity contribution in [3.05, 3.63) is 69.8 Å². The molecule has 4 aromatic rings. The predicted molar refractivity (Wildman–Crippen MR) is 102 cm³/mol. The number of thiazole rings is 1. The third kappa shape index (κ3) is 2.36. The van der Waals surface area contributed by atoms with E-state index in [4.69, 9.17) is 4.42 Å². The lowest BCUT2D eigenvalue weighted by atomic mass is 9.99. The second kappa shape index (κ2) is 5.77. The summed E-state index contributed by atoms with van der Waals surface area (Å²) in [4.78, 5) is 43.7. The Morgan fingerprint density at radius 3 is 2.86 bits per heavy atom. The zero-order chi connectivity index (χ0) is 19.5. The largest absolute Gasteiger partial charge is 0.458 e. The van der Waals surface area contributed by atoms with Gasteiger partial charge in [-0.2, -0.15) is 0 Å². The van der Waals surface area contributed by atoms with Crippen molar-refractivity contribution in [2.24, 2.45) is 0 Å². The maximum Gasteiger partial charge on any atom is 0.325 e. The quantitative estimate of drug-likeness (QED) is 0.539. The monoisotopic (exact) mass is 394 g/mol. The summed E-state index contributed by atoms with van der Waals surface area (Å²) in [5.74, 6) is -0.0963. The number of urea groups is 1. The first-order chi connectivity index (χ1) is 13.5. The maximum absolute atomic E-state index is 13.1. The van der Waals surface area contributed by atoms with Gasteiger partial charge in [-0.1, -0.05) is 18.2 Å². The fourth-order valence-electron chi connectivity index (χ4n) is 3.37. The Balaban J connectivity index is 1.50. The molecule has 0 bridgehead atoms. The Bertz CT molecular complexity index is 1290. The van der Waals surface area contributed by atoms with Crippen LogP contribution in [0.2, 0.25) is 0 Å². The van der Waals surface area contributed by atoms with Crippen molar-refractivity contribution in [3.63, 3.8) is 0 Å². The number of nitrogens with zero attached hydrogens (tertiary/aromatic N) is 3. The summed E-state index contributed by atoms with van der Waals surface area (Å²) in [5, 5.41) is 5.30. The highest BCUT2D eigenvalue weighted by molar-refractivity contribution is 7.15. The van der Waals surface area contributed by atoms with Crippen LogP contribution in [0.1, 0.15) is 18.4 Å². The number of amides is 3. The van der Waals surface area contributed by atoms with Crippen LogP contribution in [0.15, 0.2) is 57.2 Å². The van der Waals surface area contributed by atoms with Crippen molar-refractivity contribution in [1.29, 1.82) is 0 Å². The van der Waals surface area contributed by atoms with E-state index in [1.807, 2.05) is 18.2 Å². The Kier molecular flexibility index (Phi) is 3.44. The van der Waals surface area contributed by atoms with Gasteiger partial charge in [0.05, 0.1) is 12.2 Å². The van der Waals surface area contributed by atoms with E-state index in [1.54, 1.807) is 30.6 Å². The van der Waals surface area contributed by atoms with Gasteiger partial charge >= 0.3 is 6.03 Å². The second-order valence-corrected chi connectivity index (χ2v) is 7.61. The number of nitrogens with one attached hydrogen (secondary N) is 1. The van der Waals surface area contributed by atoms with Gasteiger partial charge in [0.2, 0.25) is 0 Å². The molecule has 1 atom stereocenters. The number of rotatable bonds is 3. The molecule has 0 unspecified atom stereocenters. The number of furan rings is 1. The summed E-state index contributed by atoms with van der Waals surface area (Å²) in [7, 11) is 0. The Morgan fingerprint density at radius 1 is 1.21 bits per heavy atom. The normalized spacial score (nSPS) is 19.7. The number of benzene rings is 1. The first kappa shape index (κ1) is 16.7. The summed E-state index contributed by atoms with van der Waals surface area (Å²) in [6, 6.07) is 9.91. The summed E-state index contributed by atoms with van der Waals surface area (Å²) >= 11 is 1.31. The lowest BCUT2D eigenvalue weighted by molar-refractivity contribution is -0.132. The molecule has 0 saturated carbocycles. The van der Waals surface area contributed by atoms with Crippen molar-refractivity contribution in [3.8, 4) is 0 Å². The smallest absolute Gasteiger partial charge is 0.325 e. The number of carbonyl (C=O) groups excluding carboxylic acids is 2. The third-order valence-corrected chi connectivity index (χ3v) is 5.63. The lowest BCUT2D eigenvalue weighted by Gasteiger charge is -2.18. The molecular formula is C19H14N4O4S. The molecule has 0 aliphatic carbocycles. The zero-order valence-electron chi connectivity index (χ0n) is 14.7. The Hall–Kier alpha value is -3.46. The number of aromatic nitrogens is 2. The van der Waals surface area contributed by atoms with E-state index in [9.17, 15) is 14.4 Å². The highest BCUT2D eigenvalue weighted by Crippen LogP contribution is 2.33. The SMILES string of the molecule is C[C@]1(c2cc3ccccc3o2)NC(=O)N(Cc2cc(=O)n3ccsc3n2)C1=O. The first-order valence-electron chi connectivity index (χ1n) is 8.55. The van der Waals surface area contributed by atoms with Crippen LogP contribution in [-0.2, 0) is 16.9 Å². The molecule has 3 aromatic heterocycles. The summed E-state index contributed by atoms with van der Waals surface area (Å²) < 4.78 is 7.22. The van der Waals surface area contributed by atoms with Crippen molar-refractivity contribution in [2.75, 3.05) is 0 Å². The van der Waals surface area contributed by atoms with Gasteiger partial charge in [0, 0.05) is 23.0 Å². The standard InChI is InChI=1S/C19H14N4O4S/c1-19(14-8-11-4-2-3-5-13(11)27-14)16(25)23(17(26)21-19)10-12-9-15(24)22-6-7-28-18(22)20-12/h2-9H,10H2,1H3,(H,21,26)/t19-/m1/s1. The van der Waals surface area contributed by atoms with Crippen LogP contribution in [0.3, 0.4) is 0 Å². The highest BCUT2D eigenvalue weighted by atomic mass is 32.1. The summed E-state index contributed by atoms with van der Waals surface area (Å²) in [6.07, 6.45) is 1.63. The maximum atomic E-state index is 13.1. The minimum atomic E-state index is -1.32. The molecule has 1 aliphatic heterocycles. The van der Waals surface area contributed by atoms with Gasteiger partial charge < -0.3 is 9.73 Å². The molecule has 140 valence electrons. The second-order valence-electron chi connectivity index (χ2n) is 6.74. The topological polar surface area (TPSA) is 96.9 Å². The van der Waals surface area contributed by atoms with E-state index in [1.165, 1.54) is 21.8 Å². The molecule has 9 heteroatoms. The summed E-state index contributed by atoms with van der Waals surface area (Å²) in [6.45, 7) is 1.51. The van der Waals surface area contributed by atoms with E-state index in [-0.39, 0.29) is 12.1 Å². The van der Waals surface area contributed by atoms with Gasteiger partial charge in [-0.3, -0.25) is 18.9 Å². The van der Waals surface area contributed by atoms with Gasteiger partial charge in [-0.25, -0.2) is 9.78 Å². The summed E-state index contributed by atoms with van der Waals surface area (Å²) in [5.41, 5.74) is -0.590. The molecule has 3 amide bonds. The van der Waals surface area contributed by atoms with Crippen LogP contribution in [0.25, 0.3) is 15.9 Å². The molecular weight excluding hydrogens is 380 g/mol. The highest BCUT2D eigenvalue weighted by Gasteiger charge is 2.51. The van der Waals surface area contributed by atoms with E-state index in [0.29, 0.717) is 22.0 Å². The van der Waals surface area contributed by atoms with Crippen molar-refractivity contribution < 1.29 is 14.0 Å². The average molecular weight is 394 g/mol. The molecule has 1 fully saturated rings. The molecule has 0 radical (unpaired) electrons. The Labute approximate surface area is 162 Å². The zero-order valence-corrected chi connectivity index (χ0v) is 15.5. The minimum absolute atomic E-state index is 0.0931. The van der Waals surface area contributed by atoms with E-state index in [0.717, 1.165) is 10.3 Å². The van der Waals surface area contributed by atoms with E-state index >= 15 is 0 Å². The van der Waals surface area contributed by atoms with Gasteiger partial charge in [0.1, 0.15) is 11.3 Å². The van der Waals surface area contributed by atoms with Gasteiger partial charge in [-0.05, 0) is 19.1 Å². The lowest BCUT2D eigenvalue weighted by Crippen LogP contribution is -2.40. The predicted octanol–water partition coefficient (Wildman–Crippen LogP) is 2.47. The Morgan fingerprint density at radius 2 is 2.04 bits per heavy atom. The first-order valence-corrected chi connectivity index (χ1v) is 9.43. The minimum Gasteiger partial charge on any atom is -0.458 e. The van der Waals surface area contributed by atoms with Crippen LogP contribution in [0.4, 0.5) is 4.79 Å². The molecule has 8 nitrogen and oxygen atoms in total. The number of hydrogen-bond acceptors (Lipinski definition) is 6. The number of carbonyl (C=O) groups is 2. The van der Waals surface area contributed by atoms with Crippen molar-refractivity contribution in [1.82, 2.24) is 19.6 Å². The molecule has 1 aliphatic rings. The van der Waals surface area contributed by atoms with Gasteiger partial charge in [-0.15, -0.1) is 11.3 Å². The van der Waals surface area contributed by atoms with E-state index < -0.39 is 17.5 Å². The molecule has 5 rings (SSSR count). The van der Waals surface area contributed by atoms with Crippen LogP contribution < -0.4 is 10.9 Å². The third-order valence-electron chi connectivity index (χ3n) is 4.87. The molecule has 1 N–H and O–H groups in total.